The Kier molecular flexibility index (Phi) is 37.9. The van der Waals surface area contributed by atoms with Crippen molar-refractivity contribution >= 4 is 71.1 Å². The number of ether oxygens (including phenoxy) is 2. The van der Waals surface area contributed by atoms with Crippen LogP contribution < -0.4 is 21.3 Å². The molecular formula is C90H133N11O15. The van der Waals surface area contributed by atoms with Crippen LogP contribution in [0.2, 0.25) is 0 Å². The molecule has 0 bridgehead atoms. The molecule has 0 saturated carbocycles. The number of fused-ring (bicyclic) bond motifs is 3. The fourth-order valence-corrected chi connectivity index (χ4v) is 14.9. The lowest BCUT2D eigenvalue weighted by atomic mass is 9.91. The highest BCUT2D eigenvalue weighted by molar-refractivity contribution is 5.99. The quantitative estimate of drug-likeness (QED) is 0.0203. The van der Waals surface area contributed by atoms with Gasteiger partial charge in [-0.05, 0) is 127 Å². The monoisotopic (exact) mass is 1610 g/mol. The second-order valence-electron chi connectivity index (χ2n) is 33.7. The van der Waals surface area contributed by atoms with Crippen LogP contribution in [-0.4, -0.2) is 240 Å². The fraction of sp³-hybridized carbons (Fsp3) is 0.578. The van der Waals surface area contributed by atoms with E-state index in [1.807, 2.05) is 165 Å². The molecule has 4 aromatic carbocycles. The van der Waals surface area contributed by atoms with Crippen LogP contribution in [0.15, 0.2) is 121 Å². The van der Waals surface area contributed by atoms with Crippen molar-refractivity contribution in [3.63, 3.8) is 0 Å². The third-order valence-corrected chi connectivity index (χ3v) is 21.8. The van der Waals surface area contributed by atoms with Crippen LogP contribution >= 0.6 is 0 Å². The number of amides is 11. The number of hydrogen-bond donors (Lipinski definition) is 5. The molecule has 1 aliphatic carbocycles. The van der Waals surface area contributed by atoms with Gasteiger partial charge in [0, 0.05) is 61.7 Å². The van der Waals surface area contributed by atoms with E-state index in [4.69, 9.17) is 9.47 Å². The molecule has 0 fully saturated rings. The van der Waals surface area contributed by atoms with Crippen LogP contribution in [0.4, 0.5) is 4.79 Å². The number of carbonyl (C=O) groups excluding carboxylic acids is 12. The summed E-state index contributed by atoms with van der Waals surface area (Å²) in [7, 11) is 10.00. The SMILES string of the molecule is C/C=C/C[C@@H](C)[C@@H](O)[C@@H](C(=O)N[C@@H](CC)C(=O)N(C)CC(=O)N(C)[C@@H](CC(C)C)C(=O)N[C@H](C(=O)N(C)[C@@H](CC(C)C)C(=O)N[C@@H](Cc1ccccc1)C(=O)OCc1ccccc1)C(C)C)N(C)C(=O)[C@H](C(C)C)N(C)C(=O)[C@H](CC(C)C)N(C)C(=O)[C@H](CC(C)C)N(C)C(=O)[C@@H](C)NC(=O)OCC1c2ccccc2-c2ccccc21. The zero-order valence-electron chi connectivity index (χ0n) is 72.9. The number of allylic oxidation sites excluding steroid dienone is 2. The molecule has 0 aromatic heterocycles. The van der Waals surface area contributed by atoms with Gasteiger partial charge >= 0.3 is 12.1 Å². The van der Waals surface area contributed by atoms with E-state index in [-0.39, 0.29) is 87.7 Å². The Morgan fingerprint density at radius 3 is 1.38 bits per heavy atom. The summed E-state index contributed by atoms with van der Waals surface area (Å²) >= 11 is 0. The molecule has 0 spiro atoms. The largest absolute Gasteiger partial charge is 0.459 e. The summed E-state index contributed by atoms with van der Waals surface area (Å²) in [6.07, 6.45) is 2.21. The maximum atomic E-state index is 15.4. The first kappa shape index (κ1) is 96.6. The summed E-state index contributed by atoms with van der Waals surface area (Å²) in [6, 6.07) is 21.8. The van der Waals surface area contributed by atoms with E-state index in [9.17, 15) is 43.5 Å². The first-order chi connectivity index (χ1) is 54.6. The number of benzene rings is 4. The molecule has 0 unspecified atom stereocenters. The Labute approximate surface area is 688 Å². The summed E-state index contributed by atoms with van der Waals surface area (Å²) < 4.78 is 11.5. The predicted molar refractivity (Wildman–Crippen MR) is 449 cm³/mol. The van der Waals surface area contributed by atoms with E-state index in [1.165, 1.54) is 80.8 Å². The van der Waals surface area contributed by atoms with Gasteiger partial charge in [-0.25, -0.2) is 9.59 Å². The summed E-state index contributed by atoms with van der Waals surface area (Å²) in [5.74, 6) is -9.95. The smallest absolute Gasteiger partial charge is 0.407 e. The maximum Gasteiger partial charge on any atom is 0.407 e. The van der Waals surface area contributed by atoms with Crippen LogP contribution in [0.5, 0.6) is 0 Å². The van der Waals surface area contributed by atoms with Crippen molar-refractivity contribution in [1.82, 2.24) is 55.6 Å². The molecule has 5 N–H and O–H groups in total. The number of alkyl carbamates (subject to hydrolysis) is 1. The number of rotatable bonds is 43. The minimum Gasteiger partial charge on any atom is -0.459 e. The zero-order chi connectivity index (χ0) is 86.9. The Bertz CT molecular complexity index is 3940. The Hall–Kier alpha value is -9.98. The molecule has 0 aliphatic heterocycles. The minimum atomic E-state index is -1.66. The predicted octanol–water partition coefficient (Wildman–Crippen LogP) is 9.64. The first-order valence-electron chi connectivity index (χ1n) is 41.0. The van der Waals surface area contributed by atoms with Crippen molar-refractivity contribution in [1.29, 1.82) is 0 Å². The third kappa shape index (κ3) is 26.5. The highest BCUT2D eigenvalue weighted by Crippen LogP contribution is 2.44. The van der Waals surface area contributed by atoms with Crippen molar-refractivity contribution in [2.45, 2.75) is 235 Å². The molecule has 11 amide bonds. The van der Waals surface area contributed by atoms with Crippen molar-refractivity contribution in [2.75, 3.05) is 62.5 Å². The summed E-state index contributed by atoms with van der Waals surface area (Å²) in [5.41, 5.74) is 5.67. The van der Waals surface area contributed by atoms with Gasteiger partial charge in [0.15, 0.2) is 0 Å². The Balaban J connectivity index is 1.32. The van der Waals surface area contributed by atoms with Gasteiger partial charge in [-0.1, -0.05) is 218 Å². The van der Waals surface area contributed by atoms with Gasteiger partial charge < -0.3 is 70.1 Å². The molecule has 1 aliphatic rings. The molecule has 4 aromatic rings. The number of likely N-dealkylation sites (N-methyl/N-ethyl adjacent to an activating group) is 7. The van der Waals surface area contributed by atoms with Gasteiger partial charge in [-0.15, -0.1) is 0 Å². The molecule has 26 heteroatoms. The van der Waals surface area contributed by atoms with Gasteiger partial charge in [0.05, 0.1) is 12.6 Å². The van der Waals surface area contributed by atoms with Crippen LogP contribution in [0, 0.1) is 41.4 Å². The van der Waals surface area contributed by atoms with E-state index in [2.05, 4.69) is 21.3 Å². The lowest BCUT2D eigenvalue weighted by Gasteiger charge is -2.41. The van der Waals surface area contributed by atoms with Crippen molar-refractivity contribution in [3.8, 4) is 11.1 Å². The van der Waals surface area contributed by atoms with Gasteiger partial charge in [0.25, 0.3) is 0 Å². The van der Waals surface area contributed by atoms with Gasteiger partial charge in [0.1, 0.15) is 73.6 Å². The average molecular weight is 1610 g/mol. The number of aliphatic hydroxyl groups is 1. The molecular weight excluding hydrogens is 1480 g/mol. The normalized spacial score (nSPS) is 15.1. The second kappa shape index (κ2) is 45.5. The van der Waals surface area contributed by atoms with E-state index in [0.717, 1.165) is 43.2 Å². The van der Waals surface area contributed by atoms with Crippen molar-refractivity contribution < 1.29 is 72.1 Å². The topological polar surface area (TPSA) is 314 Å². The van der Waals surface area contributed by atoms with Crippen molar-refractivity contribution in [2.24, 2.45) is 41.4 Å². The van der Waals surface area contributed by atoms with E-state index in [1.54, 1.807) is 60.6 Å². The highest BCUT2D eigenvalue weighted by atomic mass is 16.5. The molecule has 0 heterocycles. The number of esters is 1. The number of nitrogens with one attached hydrogen (secondary N) is 4. The summed E-state index contributed by atoms with van der Waals surface area (Å²) in [5, 5.41) is 23.5. The van der Waals surface area contributed by atoms with Gasteiger partial charge in [-0.3, -0.25) is 47.9 Å². The summed E-state index contributed by atoms with van der Waals surface area (Å²) in [6.45, 7) is 28.0. The molecule has 638 valence electrons. The molecule has 26 nitrogen and oxygen atoms in total. The minimum absolute atomic E-state index is 0.0155. The number of hydrogen-bond acceptors (Lipinski definition) is 15. The Morgan fingerprint density at radius 1 is 0.448 bits per heavy atom. The fourth-order valence-electron chi connectivity index (χ4n) is 14.9. The first-order valence-corrected chi connectivity index (χ1v) is 41.0. The number of aliphatic hydroxyl groups excluding tert-OH is 1. The molecule has 5 rings (SSSR count). The average Bonchev–Trinajstić information content (AvgIpc) is 1.62. The van der Waals surface area contributed by atoms with Gasteiger partial charge in [-0.2, -0.15) is 0 Å². The molecule has 116 heavy (non-hydrogen) atoms. The highest BCUT2D eigenvalue weighted by Gasteiger charge is 2.46. The number of nitrogens with zero attached hydrogens (tertiary/aromatic N) is 7. The van der Waals surface area contributed by atoms with Crippen LogP contribution in [0.3, 0.4) is 0 Å². The molecule has 0 saturated heterocycles. The Morgan fingerprint density at radius 2 is 0.888 bits per heavy atom. The standard InChI is InChI=1S/C90H133N11O15/c1-24-26-37-60(15)79(103)78(101(23)88(112)77(59(13)14)100(22)86(110)74(49-57(9)10)99(21)85(109)73(48-56(7)8)98(20)83(107)61(16)91-90(114)116-53-68-66-44-35-33-42-64(66)65-43-34-36-45-67(65)68)82(106)92-69(25-2)84(108)95(17)51-75(102)96(18)71(46-54(3)4)81(105)94-76(58(11)12)87(111)97(19)72(47-55(5)6)80(104)93-70(50-62-38-29-27-30-39-62)89(113)115-52-63-40-31-28-32-41-63/h24,26-36,38-45,54-61,68-74,76-79,103H,25,37,46-53H2,1-23H3,(H,91,114)(H,92,106)(H,93,104)(H,94,105)/b26-24+/t60-,61-,69+,70+,71+,72+,73+,74+,76+,77+,78+,79-/m1/s1. The van der Waals surface area contributed by atoms with Crippen LogP contribution in [-0.2, 0) is 75.2 Å². The lowest BCUT2D eigenvalue weighted by Crippen LogP contribution is -2.63. The maximum absolute atomic E-state index is 15.4. The van der Waals surface area contributed by atoms with Gasteiger partial charge in [0.2, 0.25) is 59.1 Å². The third-order valence-electron chi connectivity index (χ3n) is 21.8. The second-order valence-corrected chi connectivity index (χ2v) is 33.7. The van der Waals surface area contributed by atoms with E-state index in [0.29, 0.717) is 0 Å². The van der Waals surface area contributed by atoms with E-state index >= 15 is 19.2 Å². The van der Waals surface area contributed by atoms with E-state index < -0.39 is 162 Å². The zero-order valence-corrected chi connectivity index (χ0v) is 72.9. The molecule has 0 radical (unpaired) electrons. The van der Waals surface area contributed by atoms with Crippen molar-refractivity contribution in [3.05, 3.63) is 144 Å². The summed E-state index contributed by atoms with van der Waals surface area (Å²) in [4.78, 5) is 185. The van der Waals surface area contributed by atoms with Crippen LogP contribution in [0.1, 0.15) is 177 Å². The molecule has 12 atom stereocenters. The van der Waals surface area contributed by atoms with Crippen LogP contribution in [0.25, 0.3) is 11.1 Å². The number of carbonyl (C=O) groups is 12. The lowest BCUT2D eigenvalue weighted by molar-refractivity contribution is -0.157.